The van der Waals surface area contributed by atoms with Crippen LogP contribution in [0.15, 0.2) is 18.3 Å². The summed E-state index contributed by atoms with van der Waals surface area (Å²) in [6.45, 7) is 0. The van der Waals surface area contributed by atoms with Gasteiger partial charge in [-0.25, -0.2) is 10.2 Å². The standard InChI is InChI=1S/C5H7N3O2/c6-5-4(8(9)10)2-1-3-7-5/h1-3,8-9H,(H2,6,7). The molecule has 1 aromatic rings. The van der Waals surface area contributed by atoms with Gasteiger partial charge in [0, 0.05) is 12.3 Å². The minimum absolute atomic E-state index is 0.0440. The predicted molar refractivity (Wildman–Crippen MR) is 34.4 cm³/mol. The topological polar surface area (TPSA) is 86.6 Å². The van der Waals surface area contributed by atoms with Crippen molar-refractivity contribution >= 4 is 11.5 Å². The Bertz CT molecular complexity index is 226. The van der Waals surface area contributed by atoms with E-state index >= 15 is 0 Å². The number of pyridine rings is 1. The average Bonchev–Trinajstić information content (AvgIpc) is 1.88. The molecule has 1 rings (SSSR count). The zero-order chi connectivity index (χ0) is 7.56. The highest BCUT2D eigenvalue weighted by Crippen LogP contribution is 2.06. The zero-order valence-electron chi connectivity index (χ0n) is 5.11. The lowest BCUT2D eigenvalue weighted by molar-refractivity contribution is -0.990. The summed E-state index contributed by atoms with van der Waals surface area (Å²) < 4.78 is 0. The highest BCUT2D eigenvalue weighted by Gasteiger charge is 2.03. The molecule has 0 radical (unpaired) electrons. The first-order valence-electron chi connectivity index (χ1n) is 2.65. The molecule has 10 heavy (non-hydrogen) atoms. The summed E-state index contributed by atoms with van der Waals surface area (Å²) in [6.07, 6.45) is 1.45. The van der Waals surface area contributed by atoms with Crippen molar-refractivity contribution in [3.05, 3.63) is 23.5 Å². The molecule has 1 heterocycles. The van der Waals surface area contributed by atoms with Crippen molar-refractivity contribution in [2.75, 3.05) is 5.73 Å². The average molecular weight is 141 g/mol. The Balaban J connectivity index is 3.03. The number of hydrogen-bond acceptors (Lipinski definition) is 4. The second-order valence-corrected chi connectivity index (χ2v) is 1.74. The van der Waals surface area contributed by atoms with Crippen molar-refractivity contribution in [2.45, 2.75) is 0 Å². The third kappa shape index (κ3) is 1.21. The number of rotatable bonds is 1. The van der Waals surface area contributed by atoms with Crippen molar-refractivity contribution in [2.24, 2.45) is 0 Å². The molecular weight excluding hydrogens is 134 g/mol. The number of anilines is 1. The Labute approximate surface area is 57.2 Å². The van der Waals surface area contributed by atoms with Crippen molar-refractivity contribution in [1.82, 2.24) is 4.98 Å². The number of nitrogen functional groups attached to an aromatic ring is 1. The van der Waals surface area contributed by atoms with E-state index in [-0.39, 0.29) is 11.5 Å². The largest absolute Gasteiger partial charge is 0.595 e. The molecule has 0 fully saturated rings. The Morgan fingerprint density at radius 2 is 2.40 bits per heavy atom. The second kappa shape index (κ2) is 2.61. The normalized spacial score (nSPS) is 13.0. The molecule has 0 saturated heterocycles. The first-order chi connectivity index (χ1) is 4.72. The molecular formula is C5H7N3O2. The highest BCUT2D eigenvalue weighted by molar-refractivity contribution is 5.50. The maximum absolute atomic E-state index is 10.3. The van der Waals surface area contributed by atoms with Crippen LogP contribution < -0.4 is 11.0 Å². The van der Waals surface area contributed by atoms with Gasteiger partial charge in [-0.2, -0.15) is 5.23 Å². The second-order valence-electron chi connectivity index (χ2n) is 1.74. The van der Waals surface area contributed by atoms with Crippen molar-refractivity contribution in [1.29, 1.82) is 0 Å². The number of nitrogens with zero attached hydrogens (tertiary/aromatic N) is 1. The quantitative estimate of drug-likeness (QED) is 0.441. The summed E-state index contributed by atoms with van der Waals surface area (Å²) in [5.41, 5.74) is 5.27. The molecule has 5 nitrogen and oxygen atoms in total. The third-order valence-corrected chi connectivity index (χ3v) is 1.07. The lowest BCUT2D eigenvalue weighted by atomic mass is 10.4. The van der Waals surface area contributed by atoms with Gasteiger partial charge in [0.1, 0.15) is 0 Å². The Kier molecular flexibility index (Phi) is 1.81. The molecule has 5 heteroatoms. The van der Waals surface area contributed by atoms with Gasteiger partial charge in [0.2, 0.25) is 5.69 Å². The Morgan fingerprint density at radius 3 is 2.80 bits per heavy atom. The van der Waals surface area contributed by atoms with E-state index in [0.29, 0.717) is 0 Å². The number of quaternary nitrogens is 1. The molecule has 4 N–H and O–H groups in total. The van der Waals surface area contributed by atoms with Gasteiger partial charge < -0.3 is 10.9 Å². The lowest BCUT2D eigenvalue weighted by Crippen LogP contribution is -2.99. The van der Waals surface area contributed by atoms with E-state index < -0.39 is 5.23 Å². The monoisotopic (exact) mass is 141 g/mol. The van der Waals surface area contributed by atoms with Crippen LogP contribution in [0.1, 0.15) is 0 Å². The molecule has 1 unspecified atom stereocenters. The number of aromatic nitrogens is 1. The van der Waals surface area contributed by atoms with Gasteiger partial charge in [-0.3, -0.25) is 0 Å². The molecule has 0 spiro atoms. The predicted octanol–water partition coefficient (Wildman–Crippen LogP) is -0.933. The molecule has 0 aliphatic rings. The van der Waals surface area contributed by atoms with Crippen LogP contribution in [-0.2, 0) is 0 Å². The summed E-state index contributed by atoms with van der Waals surface area (Å²) in [5.74, 6) is 0.0509. The fraction of sp³-hybridized carbons (Fsp3) is 0. The van der Waals surface area contributed by atoms with E-state index in [1.165, 1.54) is 18.3 Å². The molecule has 0 amide bonds. The molecule has 1 aromatic heterocycles. The van der Waals surface area contributed by atoms with Crippen molar-refractivity contribution < 1.29 is 10.4 Å². The number of nitrogens with one attached hydrogen (secondary N) is 1. The van der Waals surface area contributed by atoms with Crippen LogP contribution in [0.2, 0.25) is 0 Å². The van der Waals surface area contributed by atoms with Crippen LogP contribution in [0.25, 0.3) is 0 Å². The van der Waals surface area contributed by atoms with Gasteiger partial charge in [-0.05, 0) is 6.07 Å². The fourth-order valence-corrected chi connectivity index (χ4v) is 0.598. The van der Waals surface area contributed by atoms with Gasteiger partial charge in [0.15, 0.2) is 5.82 Å². The molecule has 0 bridgehead atoms. The minimum atomic E-state index is -1.05. The summed E-state index contributed by atoms with van der Waals surface area (Å²) >= 11 is 0. The smallest absolute Gasteiger partial charge is 0.206 e. The highest BCUT2D eigenvalue weighted by atomic mass is 16.8. The van der Waals surface area contributed by atoms with Crippen LogP contribution in [0.5, 0.6) is 0 Å². The Morgan fingerprint density at radius 1 is 1.70 bits per heavy atom. The third-order valence-electron chi connectivity index (χ3n) is 1.07. The molecule has 54 valence electrons. The van der Waals surface area contributed by atoms with Gasteiger partial charge >= 0.3 is 0 Å². The van der Waals surface area contributed by atoms with Gasteiger partial charge in [-0.1, -0.05) is 0 Å². The van der Waals surface area contributed by atoms with E-state index in [1.54, 1.807) is 0 Å². The van der Waals surface area contributed by atoms with Crippen LogP contribution in [-0.4, -0.2) is 10.2 Å². The van der Waals surface area contributed by atoms with Crippen LogP contribution in [0, 0.1) is 5.21 Å². The molecule has 0 saturated carbocycles. The molecule has 1 atom stereocenters. The maximum Gasteiger partial charge on any atom is 0.206 e. The van der Waals surface area contributed by atoms with Gasteiger partial charge in [-0.15, -0.1) is 0 Å². The number of nitrogens with two attached hydrogens (primary N) is 1. The summed E-state index contributed by atoms with van der Waals surface area (Å²) in [4.78, 5) is 3.60. The van der Waals surface area contributed by atoms with Crippen LogP contribution >= 0.6 is 0 Å². The minimum Gasteiger partial charge on any atom is -0.595 e. The maximum atomic E-state index is 10.3. The van der Waals surface area contributed by atoms with E-state index in [9.17, 15) is 5.21 Å². The summed E-state index contributed by atoms with van der Waals surface area (Å²) in [7, 11) is 0. The van der Waals surface area contributed by atoms with Gasteiger partial charge in [0.25, 0.3) is 0 Å². The van der Waals surface area contributed by atoms with E-state index in [0.717, 1.165) is 0 Å². The molecule has 0 aromatic carbocycles. The van der Waals surface area contributed by atoms with E-state index in [2.05, 4.69) is 4.98 Å². The van der Waals surface area contributed by atoms with Gasteiger partial charge in [0.05, 0.1) is 0 Å². The van der Waals surface area contributed by atoms with E-state index in [4.69, 9.17) is 10.9 Å². The Hall–Kier alpha value is -1.17. The van der Waals surface area contributed by atoms with Crippen molar-refractivity contribution in [3.63, 3.8) is 0 Å². The first kappa shape index (κ1) is 6.94. The van der Waals surface area contributed by atoms with E-state index in [1.807, 2.05) is 0 Å². The summed E-state index contributed by atoms with van der Waals surface area (Å²) in [6, 6.07) is 2.94. The van der Waals surface area contributed by atoms with Crippen LogP contribution in [0.3, 0.4) is 0 Å². The summed E-state index contributed by atoms with van der Waals surface area (Å²) in [5, 5.41) is 17.7. The molecule has 0 aliphatic carbocycles. The fourth-order valence-electron chi connectivity index (χ4n) is 0.598. The first-order valence-corrected chi connectivity index (χ1v) is 2.65. The SMILES string of the molecule is Nc1ncccc1[NH+]([O-])O. The number of hydrogen-bond donors (Lipinski definition) is 3. The zero-order valence-corrected chi connectivity index (χ0v) is 5.11. The van der Waals surface area contributed by atoms with Crippen molar-refractivity contribution in [3.8, 4) is 0 Å². The lowest BCUT2D eigenvalue weighted by Gasteiger charge is -2.11. The molecule has 0 aliphatic heterocycles. The van der Waals surface area contributed by atoms with Crippen LogP contribution in [0.4, 0.5) is 11.5 Å².